The van der Waals surface area contributed by atoms with Crippen LogP contribution in [0, 0.1) is 0 Å². The van der Waals surface area contributed by atoms with E-state index in [0.717, 1.165) is 12.6 Å². The summed E-state index contributed by atoms with van der Waals surface area (Å²) in [6.07, 6.45) is 4.81. The monoisotopic (exact) mass is 274 g/mol. The molecule has 0 aliphatic rings. The third kappa shape index (κ3) is 282. The van der Waals surface area contributed by atoms with Gasteiger partial charge in [0.15, 0.2) is 0 Å². The molecule has 0 radical (unpaired) electrons. The molecule has 0 aromatic carbocycles. The molecule has 1 amide bonds. The summed E-state index contributed by atoms with van der Waals surface area (Å²) in [5.41, 5.74) is 9.75. The van der Waals surface area contributed by atoms with Gasteiger partial charge >= 0.3 is 0 Å². The van der Waals surface area contributed by atoms with Crippen LogP contribution in [0.3, 0.4) is 0 Å². The van der Waals surface area contributed by atoms with Crippen LogP contribution in [-0.2, 0) is 14.4 Å². The minimum Gasteiger partial charge on any atom is -0.366 e. The molecule has 0 saturated carbocycles. The molecule has 0 fully saturated rings. The fraction of sp³-hybridized carbons (Fsp3) is 0.643. The summed E-state index contributed by atoms with van der Waals surface area (Å²) in [4.78, 5) is 28.4. The Labute approximate surface area is 117 Å². The van der Waals surface area contributed by atoms with Crippen molar-refractivity contribution in [2.75, 3.05) is 6.54 Å². The Bertz CT molecular complexity index is 215. The van der Waals surface area contributed by atoms with E-state index in [1.807, 2.05) is 0 Å². The quantitative estimate of drug-likeness (QED) is 0.604. The molecule has 0 spiro atoms. The Morgan fingerprint density at radius 3 is 1.32 bits per heavy atom. The second-order valence-electron chi connectivity index (χ2n) is 3.92. The minimum absolute atomic E-state index is 0.167. The Morgan fingerprint density at radius 1 is 1.00 bits per heavy atom. The predicted molar refractivity (Wildman–Crippen MR) is 80.7 cm³/mol. The molecule has 0 rings (SSSR count). The summed E-state index contributed by atoms with van der Waals surface area (Å²) in [5, 5.41) is 0. The molecule has 0 saturated heterocycles. The normalized spacial score (nSPS) is 7.26. The molecule has 0 aliphatic heterocycles. The SMILES string of the molecule is C=CC(N)=O.CC(C)=O.CC(C)=O.CCCCCN. The number of nitrogens with two attached hydrogens (primary N) is 2. The molecular formula is C14H30N2O3. The topological polar surface area (TPSA) is 103 Å². The second kappa shape index (κ2) is 25.4. The molecule has 4 N–H and O–H groups in total. The van der Waals surface area contributed by atoms with Crippen molar-refractivity contribution in [2.45, 2.75) is 53.9 Å². The van der Waals surface area contributed by atoms with Crippen molar-refractivity contribution in [3.05, 3.63) is 12.7 Å². The van der Waals surface area contributed by atoms with Crippen molar-refractivity contribution >= 4 is 17.5 Å². The number of ketones is 2. The van der Waals surface area contributed by atoms with Crippen molar-refractivity contribution in [1.29, 1.82) is 0 Å². The zero-order valence-corrected chi connectivity index (χ0v) is 13.0. The lowest BCUT2D eigenvalue weighted by molar-refractivity contribution is -0.115. The van der Waals surface area contributed by atoms with Crippen LogP contribution >= 0.6 is 0 Å². The first kappa shape index (κ1) is 26.1. The van der Waals surface area contributed by atoms with Crippen LogP contribution in [0.5, 0.6) is 0 Å². The van der Waals surface area contributed by atoms with Gasteiger partial charge < -0.3 is 21.1 Å². The van der Waals surface area contributed by atoms with Crippen LogP contribution in [-0.4, -0.2) is 24.0 Å². The first-order valence-electron chi connectivity index (χ1n) is 6.21. The van der Waals surface area contributed by atoms with Crippen LogP contribution in [0.1, 0.15) is 53.9 Å². The lowest BCUT2D eigenvalue weighted by Crippen LogP contribution is -2.04. The number of rotatable bonds is 4. The van der Waals surface area contributed by atoms with Gasteiger partial charge in [-0.15, -0.1) is 0 Å². The van der Waals surface area contributed by atoms with Crippen LogP contribution in [0.15, 0.2) is 12.7 Å². The molecule has 0 bridgehead atoms. The molecule has 0 aromatic heterocycles. The van der Waals surface area contributed by atoms with Crippen molar-refractivity contribution in [2.24, 2.45) is 11.5 Å². The van der Waals surface area contributed by atoms with Crippen LogP contribution in [0.25, 0.3) is 0 Å². The van der Waals surface area contributed by atoms with E-state index in [9.17, 15) is 14.4 Å². The molecule has 5 heteroatoms. The van der Waals surface area contributed by atoms with Crippen molar-refractivity contribution < 1.29 is 14.4 Å². The number of carbonyl (C=O) groups excluding carboxylic acids is 3. The summed E-state index contributed by atoms with van der Waals surface area (Å²) in [7, 11) is 0. The highest BCUT2D eigenvalue weighted by Gasteiger charge is 1.75. The Balaban J connectivity index is -0.0000000803. The zero-order valence-electron chi connectivity index (χ0n) is 13.0. The Hall–Kier alpha value is -1.49. The van der Waals surface area contributed by atoms with Crippen molar-refractivity contribution in [1.82, 2.24) is 0 Å². The smallest absolute Gasteiger partial charge is 0.240 e. The van der Waals surface area contributed by atoms with Gasteiger partial charge in [-0.2, -0.15) is 0 Å². The first-order chi connectivity index (χ1) is 8.65. The van der Waals surface area contributed by atoms with Gasteiger partial charge in [-0.05, 0) is 46.7 Å². The van der Waals surface area contributed by atoms with E-state index in [4.69, 9.17) is 5.73 Å². The lowest BCUT2D eigenvalue weighted by Gasteiger charge is -1.86. The molecule has 5 nitrogen and oxygen atoms in total. The largest absolute Gasteiger partial charge is 0.366 e. The molecule has 0 heterocycles. The number of amides is 1. The van der Waals surface area contributed by atoms with E-state index in [2.05, 4.69) is 19.2 Å². The summed E-state index contributed by atoms with van der Waals surface area (Å²) in [6.45, 7) is 12.2. The number of hydrogen-bond acceptors (Lipinski definition) is 4. The highest BCUT2D eigenvalue weighted by Crippen LogP contribution is 1.88. The zero-order chi connectivity index (χ0) is 16.3. The molecule has 19 heavy (non-hydrogen) atoms. The number of carbonyl (C=O) groups is 3. The standard InChI is InChI=1S/C5H13N.C3H5NO.2C3H6O/c1-2-3-4-5-6;1-2-3(4)5;2*1-3(2)4/h2-6H2,1H3;2H,1H2,(H2,4,5);2*1-2H3. The van der Waals surface area contributed by atoms with E-state index in [1.165, 1.54) is 47.0 Å². The van der Waals surface area contributed by atoms with Gasteiger partial charge in [0, 0.05) is 0 Å². The predicted octanol–water partition coefficient (Wildman–Crippen LogP) is 1.98. The van der Waals surface area contributed by atoms with Gasteiger partial charge in [0.05, 0.1) is 0 Å². The van der Waals surface area contributed by atoms with Crippen LogP contribution < -0.4 is 11.5 Å². The van der Waals surface area contributed by atoms with E-state index >= 15 is 0 Å². The van der Waals surface area contributed by atoms with Crippen LogP contribution in [0.2, 0.25) is 0 Å². The van der Waals surface area contributed by atoms with Gasteiger partial charge in [0.2, 0.25) is 5.91 Å². The molecule has 0 aliphatic carbocycles. The Morgan fingerprint density at radius 2 is 1.26 bits per heavy atom. The molecule has 0 unspecified atom stereocenters. The average Bonchev–Trinajstić information content (AvgIpc) is 2.25. The summed E-state index contributed by atoms with van der Waals surface area (Å²) in [5.74, 6) is -0.148. The lowest BCUT2D eigenvalue weighted by atomic mass is 10.3. The number of hydrogen-bond donors (Lipinski definition) is 2. The summed E-state index contributed by atoms with van der Waals surface area (Å²) in [6, 6.07) is 0. The molecular weight excluding hydrogens is 244 g/mol. The fourth-order valence-corrected chi connectivity index (χ4v) is 0.394. The third-order valence-corrected chi connectivity index (χ3v) is 1.01. The number of primary amides is 1. The maximum absolute atomic E-state index is 9.47. The first-order valence-corrected chi connectivity index (χ1v) is 6.21. The number of unbranched alkanes of at least 4 members (excludes halogenated alkanes) is 2. The molecule has 114 valence electrons. The van der Waals surface area contributed by atoms with Gasteiger partial charge in [0.1, 0.15) is 11.6 Å². The fourth-order valence-electron chi connectivity index (χ4n) is 0.394. The summed E-state index contributed by atoms with van der Waals surface area (Å²) < 4.78 is 0. The summed E-state index contributed by atoms with van der Waals surface area (Å²) >= 11 is 0. The second-order valence-corrected chi connectivity index (χ2v) is 3.92. The van der Waals surface area contributed by atoms with Gasteiger partial charge in [-0.1, -0.05) is 26.3 Å². The maximum Gasteiger partial charge on any atom is 0.240 e. The van der Waals surface area contributed by atoms with Crippen molar-refractivity contribution in [3.8, 4) is 0 Å². The maximum atomic E-state index is 9.47. The van der Waals surface area contributed by atoms with Gasteiger partial charge in [-0.3, -0.25) is 4.79 Å². The molecule has 0 aromatic rings. The van der Waals surface area contributed by atoms with E-state index < -0.39 is 5.91 Å². The van der Waals surface area contributed by atoms with E-state index in [1.54, 1.807) is 0 Å². The van der Waals surface area contributed by atoms with E-state index in [0.29, 0.717) is 0 Å². The average molecular weight is 274 g/mol. The number of Topliss-reactive ketones (excluding diaryl/α,β-unsaturated/α-hetero) is 2. The van der Waals surface area contributed by atoms with Gasteiger partial charge in [0.25, 0.3) is 0 Å². The highest BCUT2D eigenvalue weighted by molar-refractivity contribution is 5.84. The van der Waals surface area contributed by atoms with Crippen molar-refractivity contribution in [3.63, 3.8) is 0 Å². The minimum atomic E-state index is -0.481. The third-order valence-electron chi connectivity index (χ3n) is 1.01. The Kier molecular flexibility index (Phi) is 34.9. The highest BCUT2D eigenvalue weighted by atomic mass is 16.1. The van der Waals surface area contributed by atoms with E-state index in [-0.39, 0.29) is 11.6 Å². The van der Waals surface area contributed by atoms with Gasteiger partial charge in [-0.25, -0.2) is 0 Å². The van der Waals surface area contributed by atoms with Crippen LogP contribution in [0.4, 0.5) is 0 Å². The molecule has 0 atom stereocenters.